The number of ether oxygens (including phenoxy) is 1. The zero-order valence-electron chi connectivity index (χ0n) is 19.9. The zero-order chi connectivity index (χ0) is 24.5. The van der Waals surface area contributed by atoms with Crippen LogP contribution < -0.4 is 9.64 Å². The number of Topliss-reactive ketones (excluding diaryl/α,β-unsaturated/α-hetero) is 1. The van der Waals surface area contributed by atoms with Gasteiger partial charge in [0, 0.05) is 40.4 Å². The average Bonchev–Trinajstić information content (AvgIpc) is 2.89. The molecule has 3 aromatic carbocycles. The molecule has 2 N–H and O–H groups in total. The molecule has 0 radical (unpaired) electrons. The third-order valence-electron chi connectivity index (χ3n) is 6.80. The van der Waals surface area contributed by atoms with E-state index in [9.17, 15) is 15.3 Å². The Balaban J connectivity index is 1.81. The van der Waals surface area contributed by atoms with Crippen LogP contribution in [0.4, 0.5) is 5.69 Å². The Labute approximate surface area is 205 Å². The highest BCUT2D eigenvalue weighted by molar-refractivity contribution is 6.19. The van der Waals surface area contributed by atoms with E-state index < -0.39 is 5.92 Å². The maximum Gasteiger partial charge on any atom is 0.161 e. The van der Waals surface area contributed by atoms with E-state index in [0.29, 0.717) is 35.3 Å². The van der Waals surface area contributed by atoms with Crippen molar-refractivity contribution in [2.24, 2.45) is 0 Å². The van der Waals surface area contributed by atoms with Gasteiger partial charge in [-0.15, -0.1) is 0 Å². The molecule has 176 valence electrons. The number of carbonyl (C=O) groups is 1. The predicted octanol–water partition coefficient (Wildman–Crippen LogP) is 6.56. The molecule has 0 saturated carbocycles. The molecule has 3 aromatic rings. The minimum atomic E-state index is -0.544. The van der Waals surface area contributed by atoms with E-state index in [0.717, 1.165) is 28.9 Å². The first-order chi connectivity index (χ1) is 17.0. The van der Waals surface area contributed by atoms with Crippen LogP contribution in [0, 0.1) is 12.3 Å². The molecule has 0 fully saturated rings. The van der Waals surface area contributed by atoms with Gasteiger partial charge < -0.3 is 9.84 Å². The van der Waals surface area contributed by atoms with Gasteiger partial charge in [0.25, 0.3) is 0 Å². The second kappa shape index (κ2) is 9.26. The maximum absolute atomic E-state index is 13.5. The third-order valence-corrected chi connectivity index (χ3v) is 6.80. The number of rotatable bonds is 4. The molecule has 0 spiro atoms. The van der Waals surface area contributed by atoms with Gasteiger partial charge >= 0.3 is 0 Å². The van der Waals surface area contributed by atoms with E-state index in [2.05, 4.69) is 0 Å². The van der Waals surface area contributed by atoms with Crippen LogP contribution in [0.25, 0.3) is 5.76 Å². The number of benzene rings is 3. The molecule has 0 unspecified atom stereocenters. The van der Waals surface area contributed by atoms with E-state index in [-0.39, 0.29) is 17.4 Å². The van der Waals surface area contributed by atoms with Crippen LogP contribution in [0.3, 0.4) is 0 Å². The van der Waals surface area contributed by atoms with E-state index in [1.54, 1.807) is 7.11 Å². The lowest BCUT2D eigenvalue weighted by Crippen LogP contribution is -2.42. The van der Waals surface area contributed by atoms with Gasteiger partial charge in [0.1, 0.15) is 17.3 Å². The van der Waals surface area contributed by atoms with Crippen LogP contribution in [0.15, 0.2) is 95.7 Å². The van der Waals surface area contributed by atoms with Crippen molar-refractivity contribution in [2.45, 2.75) is 32.1 Å². The van der Waals surface area contributed by atoms with Gasteiger partial charge in [0.05, 0.1) is 7.11 Å². The van der Waals surface area contributed by atoms with Gasteiger partial charge in [-0.25, -0.2) is 0 Å². The van der Waals surface area contributed by atoms with Crippen LogP contribution >= 0.6 is 0 Å². The van der Waals surface area contributed by atoms with E-state index in [1.165, 1.54) is 0 Å². The third kappa shape index (κ3) is 4.03. The molecule has 5 heteroatoms. The van der Waals surface area contributed by atoms with Crippen molar-refractivity contribution in [1.29, 1.82) is 5.41 Å². The predicted molar refractivity (Wildman–Crippen MR) is 139 cm³/mol. The molecule has 0 saturated heterocycles. The highest BCUT2D eigenvalue weighted by Gasteiger charge is 2.43. The van der Waals surface area contributed by atoms with E-state index in [4.69, 9.17) is 4.74 Å². The lowest BCUT2D eigenvalue weighted by atomic mass is 9.73. The summed E-state index contributed by atoms with van der Waals surface area (Å²) in [5.74, 6) is 0.431. The molecule has 5 rings (SSSR count). The minimum absolute atomic E-state index is 0.0154. The number of carbonyl (C=O) groups excluding carboxylic acids is 1. The highest BCUT2D eigenvalue weighted by Crippen LogP contribution is 2.48. The fourth-order valence-corrected chi connectivity index (χ4v) is 5.05. The van der Waals surface area contributed by atoms with Crippen LogP contribution in [0.2, 0.25) is 0 Å². The average molecular weight is 465 g/mol. The number of hydrogen-bond acceptors (Lipinski definition) is 4. The largest absolute Gasteiger partial charge is 0.507 e. The van der Waals surface area contributed by atoms with Gasteiger partial charge in [-0.05, 0) is 49.6 Å². The number of ketones is 1. The summed E-state index contributed by atoms with van der Waals surface area (Å²) in [6, 6.07) is 24.8. The Kier molecular flexibility index (Phi) is 6.00. The van der Waals surface area contributed by atoms with Crippen LogP contribution in [0.1, 0.15) is 41.9 Å². The van der Waals surface area contributed by atoms with Gasteiger partial charge in [0.15, 0.2) is 5.78 Å². The standard InChI is InChI=1S/C30H28N2O3/c1-19-11-13-21(14-12-19)29(34)28-26(20-15-17-23(35-2)18-16-20)27-24(9-6-10-25(27)33)32(30(28)31)22-7-4-3-5-8-22/h3-5,7-8,11-18,26,31,34H,6,9-10H2,1-2H3/t26-/m0/s1. The van der Waals surface area contributed by atoms with E-state index >= 15 is 0 Å². The smallest absolute Gasteiger partial charge is 0.161 e. The first kappa shape index (κ1) is 22.7. The Morgan fingerprint density at radius 3 is 2.31 bits per heavy atom. The summed E-state index contributed by atoms with van der Waals surface area (Å²) < 4.78 is 5.34. The molecule has 1 aliphatic heterocycles. The molecule has 2 aliphatic rings. The molecular formula is C30H28N2O3. The highest BCUT2D eigenvalue weighted by atomic mass is 16.5. The number of para-hydroxylation sites is 1. The van der Waals surface area contributed by atoms with Crippen molar-refractivity contribution >= 4 is 23.1 Å². The minimum Gasteiger partial charge on any atom is -0.507 e. The zero-order valence-corrected chi connectivity index (χ0v) is 19.9. The number of aliphatic hydroxyl groups excluding tert-OH is 1. The quantitative estimate of drug-likeness (QED) is 0.429. The summed E-state index contributed by atoms with van der Waals surface area (Å²) in [5, 5.41) is 21.0. The fraction of sp³-hybridized carbons (Fsp3) is 0.200. The van der Waals surface area contributed by atoms with Gasteiger partial charge in [-0.1, -0.05) is 60.2 Å². The summed E-state index contributed by atoms with van der Waals surface area (Å²) in [6.07, 6.45) is 1.90. The molecule has 5 nitrogen and oxygen atoms in total. The number of allylic oxidation sites excluding steroid dienone is 2. The fourth-order valence-electron chi connectivity index (χ4n) is 5.05. The van der Waals surface area contributed by atoms with E-state index in [1.807, 2.05) is 90.7 Å². The lowest BCUT2D eigenvalue weighted by Gasteiger charge is -2.41. The number of anilines is 1. The number of aliphatic hydroxyl groups is 1. The van der Waals surface area contributed by atoms with Crippen LogP contribution in [-0.2, 0) is 4.79 Å². The summed E-state index contributed by atoms with van der Waals surface area (Å²) in [4.78, 5) is 15.3. The van der Waals surface area contributed by atoms with Crippen molar-refractivity contribution < 1.29 is 14.6 Å². The maximum atomic E-state index is 13.5. The monoisotopic (exact) mass is 464 g/mol. The number of hydrogen-bond donors (Lipinski definition) is 2. The Hall–Kier alpha value is -4.12. The Morgan fingerprint density at radius 2 is 1.66 bits per heavy atom. The van der Waals surface area contributed by atoms with Crippen molar-refractivity contribution in [2.75, 3.05) is 12.0 Å². The summed E-state index contributed by atoms with van der Waals surface area (Å²) in [5.41, 5.74) is 5.29. The van der Waals surface area contributed by atoms with Crippen LogP contribution in [-0.4, -0.2) is 23.8 Å². The first-order valence-electron chi connectivity index (χ1n) is 11.8. The molecule has 1 aliphatic carbocycles. The van der Waals surface area contributed by atoms with Crippen molar-refractivity contribution in [3.05, 3.63) is 112 Å². The number of methoxy groups -OCH3 is 1. The summed E-state index contributed by atoms with van der Waals surface area (Å²) in [6.45, 7) is 1.99. The second-order valence-electron chi connectivity index (χ2n) is 8.99. The number of nitrogens with one attached hydrogen (secondary N) is 1. The number of amidine groups is 1. The Bertz CT molecular complexity index is 1340. The molecular weight excluding hydrogens is 436 g/mol. The molecule has 0 amide bonds. The first-order valence-corrected chi connectivity index (χ1v) is 11.8. The van der Waals surface area contributed by atoms with Crippen LogP contribution in [0.5, 0.6) is 5.75 Å². The van der Waals surface area contributed by atoms with Crippen molar-refractivity contribution in [3.63, 3.8) is 0 Å². The number of nitrogens with zero attached hydrogens (tertiary/aromatic N) is 1. The topological polar surface area (TPSA) is 73.6 Å². The molecule has 0 aromatic heterocycles. The van der Waals surface area contributed by atoms with Gasteiger partial charge in [-0.3, -0.25) is 15.1 Å². The molecule has 35 heavy (non-hydrogen) atoms. The molecule has 1 heterocycles. The molecule has 0 bridgehead atoms. The normalized spacial score (nSPS) is 19.5. The lowest BCUT2D eigenvalue weighted by molar-refractivity contribution is -0.116. The summed E-state index contributed by atoms with van der Waals surface area (Å²) >= 11 is 0. The Morgan fingerprint density at radius 1 is 0.971 bits per heavy atom. The van der Waals surface area contributed by atoms with Crippen molar-refractivity contribution in [1.82, 2.24) is 0 Å². The summed E-state index contributed by atoms with van der Waals surface area (Å²) in [7, 11) is 1.61. The van der Waals surface area contributed by atoms with Crippen molar-refractivity contribution in [3.8, 4) is 5.75 Å². The SMILES string of the molecule is COc1ccc([C@@H]2C(=C(O)c3ccc(C)cc3)C(=N)N(c3ccccc3)C3=C2C(=O)CCC3)cc1. The van der Waals surface area contributed by atoms with Gasteiger partial charge in [0.2, 0.25) is 0 Å². The van der Waals surface area contributed by atoms with Gasteiger partial charge in [-0.2, -0.15) is 0 Å². The number of aryl methyl sites for hydroxylation is 1. The second-order valence-corrected chi connectivity index (χ2v) is 8.99. The molecule has 1 atom stereocenters.